The van der Waals surface area contributed by atoms with Crippen molar-refractivity contribution >= 4 is 23.9 Å². The molecule has 1 saturated heterocycles. The molecule has 2 rings (SSSR count). The predicted molar refractivity (Wildman–Crippen MR) is 109 cm³/mol. The van der Waals surface area contributed by atoms with Gasteiger partial charge in [-0.1, -0.05) is 30.3 Å². The van der Waals surface area contributed by atoms with E-state index in [0.29, 0.717) is 19.4 Å². The van der Waals surface area contributed by atoms with E-state index in [1.807, 2.05) is 30.3 Å². The summed E-state index contributed by atoms with van der Waals surface area (Å²) in [6.07, 6.45) is 0.469. The highest BCUT2D eigenvalue weighted by Crippen LogP contribution is 2.17. The number of rotatable bonds is 7. The Labute approximate surface area is 175 Å². The summed E-state index contributed by atoms with van der Waals surface area (Å²) in [5.74, 6) is -2.08. The van der Waals surface area contributed by atoms with Crippen LogP contribution in [0.4, 0.5) is 4.79 Å². The van der Waals surface area contributed by atoms with E-state index in [2.05, 4.69) is 10.6 Å². The van der Waals surface area contributed by atoms with Crippen molar-refractivity contribution in [3.05, 3.63) is 35.9 Å². The third-order valence-electron chi connectivity index (χ3n) is 4.56. The summed E-state index contributed by atoms with van der Waals surface area (Å²) in [6, 6.07) is 7.31. The number of carbonyl (C=O) groups excluding carboxylic acids is 3. The van der Waals surface area contributed by atoms with Crippen molar-refractivity contribution in [3.63, 3.8) is 0 Å². The molecule has 1 fully saturated rings. The number of benzene rings is 1. The van der Waals surface area contributed by atoms with Gasteiger partial charge >= 0.3 is 12.1 Å². The molecule has 1 unspecified atom stereocenters. The number of nitrogens with zero attached hydrogens (tertiary/aromatic N) is 1. The van der Waals surface area contributed by atoms with Crippen molar-refractivity contribution in [1.82, 2.24) is 15.5 Å². The maximum atomic E-state index is 12.7. The summed E-state index contributed by atoms with van der Waals surface area (Å²) in [7, 11) is 0. The number of ether oxygens (including phenoxy) is 1. The zero-order valence-electron chi connectivity index (χ0n) is 17.5. The number of alkyl carbamates (subject to hydrolysis) is 1. The highest BCUT2D eigenvalue weighted by molar-refractivity contribution is 5.91. The Morgan fingerprint density at radius 1 is 1.20 bits per heavy atom. The lowest BCUT2D eigenvalue weighted by molar-refractivity contribution is -0.148. The van der Waals surface area contributed by atoms with Gasteiger partial charge in [-0.15, -0.1) is 0 Å². The van der Waals surface area contributed by atoms with Crippen LogP contribution in [0.5, 0.6) is 0 Å². The molecule has 3 N–H and O–H groups in total. The predicted octanol–water partition coefficient (Wildman–Crippen LogP) is 1.31. The largest absolute Gasteiger partial charge is 0.480 e. The molecule has 9 heteroatoms. The summed E-state index contributed by atoms with van der Waals surface area (Å²) in [6.45, 7) is 5.14. The molecular weight excluding hydrogens is 390 g/mol. The molecule has 1 aliphatic heterocycles. The number of carboxylic acid groups (broad SMARTS) is 1. The van der Waals surface area contributed by atoms with Crippen LogP contribution in [0, 0.1) is 0 Å². The van der Waals surface area contributed by atoms with Crippen LogP contribution in [0.25, 0.3) is 0 Å². The van der Waals surface area contributed by atoms with E-state index in [9.17, 15) is 24.3 Å². The Balaban J connectivity index is 2.01. The average Bonchev–Trinajstić information content (AvgIpc) is 3.15. The van der Waals surface area contributed by atoms with E-state index in [-0.39, 0.29) is 13.0 Å². The maximum absolute atomic E-state index is 12.7. The molecule has 1 heterocycles. The number of nitrogens with one attached hydrogen (secondary N) is 2. The smallest absolute Gasteiger partial charge is 0.408 e. The molecule has 0 radical (unpaired) electrons. The fourth-order valence-corrected chi connectivity index (χ4v) is 3.22. The van der Waals surface area contributed by atoms with Crippen LogP contribution in [0.2, 0.25) is 0 Å². The molecule has 3 amide bonds. The van der Waals surface area contributed by atoms with Gasteiger partial charge in [0.1, 0.15) is 17.7 Å². The van der Waals surface area contributed by atoms with Gasteiger partial charge in [0.15, 0.2) is 0 Å². The van der Waals surface area contributed by atoms with Crippen LogP contribution in [-0.4, -0.2) is 64.7 Å². The fraction of sp³-hybridized carbons (Fsp3) is 0.524. The standard InChI is InChI=1S/C21H29N3O6/c1-21(2,3)30-20(29)23-15(12-14-8-5-4-6-9-14)18(26)22-13-17(25)24-11-7-10-16(24)19(27)28/h4-6,8-9,15-16H,7,10-13H2,1-3H3,(H,22,26)(H,23,29)(H,27,28)/t15?,16-/m0/s1. The first-order valence-corrected chi connectivity index (χ1v) is 9.90. The first-order valence-electron chi connectivity index (χ1n) is 9.90. The van der Waals surface area contributed by atoms with Crippen molar-refractivity contribution < 1.29 is 29.0 Å². The van der Waals surface area contributed by atoms with Gasteiger partial charge < -0.3 is 25.4 Å². The van der Waals surface area contributed by atoms with E-state index < -0.39 is 41.6 Å². The van der Waals surface area contributed by atoms with E-state index in [1.54, 1.807) is 20.8 Å². The molecule has 0 bridgehead atoms. The van der Waals surface area contributed by atoms with Crippen molar-refractivity contribution in [3.8, 4) is 0 Å². The Hall–Kier alpha value is -3.10. The fourth-order valence-electron chi connectivity index (χ4n) is 3.22. The molecule has 164 valence electrons. The average molecular weight is 419 g/mol. The molecule has 1 aromatic carbocycles. The van der Waals surface area contributed by atoms with Crippen LogP contribution < -0.4 is 10.6 Å². The monoisotopic (exact) mass is 419 g/mol. The number of carboxylic acids is 1. The molecule has 2 atom stereocenters. The second-order valence-electron chi connectivity index (χ2n) is 8.19. The normalized spacial score (nSPS) is 17.2. The zero-order chi connectivity index (χ0) is 22.3. The molecule has 1 aliphatic rings. The second-order valence-corrected chi connectivity index (χ2v) is 8.19. The number of hydrogen-bond donors (Lipinski definition) is 3. The summed E-state index contributed by atoms with van der Waals surface area (Å²) < 4.78 is 5.23. The minimum absolute atomic E-state index is 0.210. The first kappa shape index (κ1) is 23.2. The minimum Gasteiger partial charge on any atom is -0.480 e. The van der Waals surface area contributed by atoms with Crippen LogP contribution in [0.15, 0.2) is 30.3 Å². The van der Waals surface area contributed by atoms with E-state index in [0.717, 1.165) is 5.56 Å². The van der Waals surface area contributed by atoms with Crippen molar-refractivity contribution in [2.75, 3.05) is 13.1 Å². The van der Waals surface area contributed by atoms with E-state index in [1.165, 1.54) is 4.90 Å². The molecule has 0 aliphatic carbocycles. The van der Waals surface area contributed by atoms with Crippen LogP contribution in [0.1, 0.15) is 39.2 Å². The molecule has 0 aromatic heterocycles. The number of amides is 3. The molecule has 1 aromatic rings. The summed E-state index contributed by atoms with van der Waals surface area (Å²) in [5.41, 5.74) is 0.0978. The Bertz CT molecular complexity index is 775. The van der Waals surface area contributed by atoms with Crippen molar-refractivity contribution in [2.45, 2.75) is 57.7 Å². The summed E-state index contributed by atoms with van der Waals surface area (Å²) >= 11 is 0. The zero-order valence-corrected chi connectivity index (χ0v) is 17.5. The third kappa shape index (κ3) is 7.06. The SMILES string of the molecule is CC(C)(C)OC(=O)NC(Cc1ccccc1)C(=O)NCC(=O)N1CCC[C@H]1C(=O)O. The minimum atomic E-state index is -1.05. The molecule has 30 heavy (non-hydrogen) atoms. The Morgan fingerprint density at radius 2 is 1.87 bits per heavy atom. The van der Waals surface area contributed by atoms with Gasteiger partial charge in [-0.05, 0) is 39.2 Å². The number of likely N-dealkylation sites (tertiary alicyclic amines) is 1. The highest BCUT2D eigenvalue weighted by atomic mass is 16.6. The van der Waals surface area contributed by atoms with Crippen LogP contribution in [0.3, 0.4) is 0 Å². The second kappa shape index (κ2) is 10.1. The van der Waals surface area contributed by atoms with Gasteiger partial charge in [0.2, 0.25) is 11.8 Å². The third-order valence-corrected chi connectivity index (χ3v) is 4.56. The molecule has 0 saturated carbocycles. The summed E-state index contributed by atoms with van der Waals surface area (Å²) in [5, 5.41) is 14.3. The number of hydrogen-bond acceptors (Lipinski definition) is 5. The lowest BCUT2D eigenvalue weighted by Crippen LogP contribution is -2.52. The van der Waals surface area contributed by atoms with E-state index >= 15 is 0 Å². The van der Waals surface area contributed by atoms with Crippen molar-refractivity contribution in [1.29, 1.82) is 0 Å². The highest BCUT2D eigenvalue weighted by Gasteiger charge is 2.34. The Morgan fingerprint density at radius 3 is 2.47 bits per heavy atom. The topological polar surface area (TPSA) is 125 Å². The van der Waals surface area contributed by atoms with Crippen LogP contribution in [-0.2, 0) is 25.5 Å². The lowest BCUT2D eigenvalue weighted by atomic mass is 10.1. The maximum Gasteiger partial charge on any atom is 0.408 e. The summed E-state index contributed by atoms with van der Waals surface area (Å²) in [4.78, 5) is 49.8. The van der Waals surface area contributed by atoms with Gasteiger partial charge in [0, 0.05) is 13.0 Å². The van der Waals surface area contributed by atoms with E-state index in [4.69, 9.17) is 4.74 Å². The number of carbonyl (C=O) groups is 4. The first-order chi connectivity index (χ1) is 14.1. The quantitative estimate of drug-likeness (QED) is 0.612. The van der Waals surface area contributed by atoms with Gasteiger partial charge in [-0.3, -0.25) is 9.59 Å². The lowest BCUT2D eigenvalue weighted by Gasteiger charge is -2.24. The van der Waals surface area contributed by atoms with Gasteiger partial charge in [-0.2, -0.15) is 0 Å². The van der Waals surface area contributed by atoms with Gasteiger partial charge in [-0.25, -0.2) is 9.59 Å². The van der Waals surface area contributed by atoms with Crippen molar-refractivity contribution in [2.24, 2.45) is 0 Å². The molecule has 9 nitrogen and oxygen atoms in total. The Kier molecular flexibility index (Phi) is 7.79. The molecular formula is C21H29N3O6. The van der Waals surface area contributed by atoms with Crippen LogP contribution >= 0.6 is 0 Å². The number of aliphatic carboxylic acids is 1. The van der Waals surface area contributed by atoms with Gasteiger partial charge in [0.25, 0.3) is 0 Å². The molecule has 0 spiro atoms. The van der Waals surface area contributed by atoms with Gasteiger partial charge in [0.05, 0.1) is 6.54 Å².